The Morgan fingerprint density at radius 2 is 1.90 bits per heavy atom. The zero-order valence-electron chi connectivity index (χ0n) is 12.9. The third kappa shape index (κ3) is 6.30. The number of hydrogen-bond donors (Lipinski definition) is 2. The van der Waals surface area contributed by atoms with Crippen molar-refractivity contribution in [2.45, 2.75) is 50.3 Å². The average molecular weight is 324 g/mol. The molecule has 1 rings (SSSR count). The monoisotopic (exact) mass is 323 g/mol. The van der Waals surface area contributed by atoms with E-state index in [1.165, 1.54) is 4.31 Å². The van der Waals surface area contributed by atoms with Crippen LogP contribution in [0.1, 0.15) is 39.0 Å². The van der Waals surface area contributed by atoms with Crippen LogP contribution in [0.25, 0.3) is 0 Å². The summed E-state index contributed by atoms with van der Waals surface area (Å²) in [6.07, 6.45) is 7.10. The van der Waals surface area contributed by atoms with Crippen molar-refractivity contribution in [3.63, 3.8) is 0 Å². The van der Waals surface area contributed by atoms with E-state index < -0.39 is 10.2 Å². The zero-order valence-corrected chi connectivity index (χ0v) is 14.5. The standard InChI is InChI=1S/C13H29N3O2S2/c1-4-14-10-5-11-16(2)20(17,18)15-12-6-8-13(19-3)9-7-12/h12-15H,4-11H2,1-3H3. The highest BCUT2D eigenvalue weighted by Crippen LogP contribution is 2.27. The smallest absolute Gasteiger partial charge is 0.279 e. The van der Waals surface area contributed by atoms with Gasteiger partial charge in [-0.2, -0.15) is 29.2 Å². The van der Waals surface area contributed by atoms with Gasteiger partial charge in [0.1, 0.15) is 0 Å². The van der Waals surface area contributed by atoms with Crippen molar-refractivity contribution < 1.29 is 8.42 Å². The van der Waals surface area contributed by atoms with Crippen molar-refractivity contribution in [1.82, 2.24) is 14.3 Å². The van der Waals surface area contributed by atoms with Gasteiger partial charge < -0.3 is 5.32 Å². The first kappa shape index (κ1) is 18.2. The molecule has 0 aromatic carbocycles. The minimum Gasteiger partial charge on any atom is -0.317 e. The summed E-state index contributed by atoms with van der Waals surface area (Å²) < 4.78 is 28.7. The number of nitrogens with zero attached hydrogens (tertiary/aromatic N) is 1. The van der Waals surface area contributed by atoms with Gasteiger partial charge in [0, 0.05) is 24.9 Å². The first-order chi connectivity index (χ1) is 9.49. The molecule has 1 aliphatic carbocycles. The Bertz CT molecular complexity index is 355. The van der Waals surface area contributed by atoms with Crippen molar-refractivity contribution in [1.29, 1.82) is 0 Å². The van der Waals surface area contributed by atoms with Crippen molar-refractivity contribution >= 4 is 22.0 Å². The fourth-order valence-electron chi connectivity index (χ4n) is 2.44. The van der Waals surface area contributed by atoms with Crippen LogP contribution in [0.5, 0.6) is 0 Å². The van der Waals surface area contributed by atoms with E-state index in [2.05, 4.69) is 16.3 Å². The molecule has 0 bridgehead atoms. The minimum atomic E-state index is -3.32. The van der Waals surface area contributed by atoms with Crippen LogP contribution in [0, 0.1) is 0 Å². The van der Waals surface area contributed by atoms with Crippen LogP contribution in [0.2, 0.25) is 0 Å². The fourth-order valence-corrected chi connectivity index (χ4v) is 4.39. The van der Waals surface area contributed by atoms with E-state index in [9.17, 15) is 8.42 Å². The fraction of sp³-hybridized carbons (Fsp3) is 1.00. The van der Waals surface area contributed by atoms with Crippen molar-refractivity contribution in [2.24, 2.45) is 0 Å². The number of hydrogen-bond acceptors (Lipinski definition) is 4. The third-order valence-electron chi connectivity index (χ3n) is 3.81. The van der Waals surface area contributed by atoms with Gasteiger partial charge in [-0.15, -0.1) is 0 Å². The highest BCUT2D eigenvalue weighted by Gasteiger charge is 2.26. The van der Waals surface area contributed by atoms with Gasteiger partial charge in [-0.1, -0.05) is 6.92 Å². The molecule has 2 N–H and O–H groups in total. The van der Waals surface area contributed by atoms with Crippen LogP contribution in [-0.4, -0.2) is 57.0 Å². The number of nitrogens with one attached hydrogen (secondary N) is 2. The quantitative estimate of drug-likeness (QED) is 0.630. The average Bonchev–Trinajstić information content (AvgIpc) is 2.43. The molecule has 1 aliphatic rings. The molecule has 1 fully saturated rings. The molecule has 0 atom stereocenters. The number of thioether (sulfide) groups is 1. The molecule has 20 heavy (non-hydrogen) atoms. The molecular formula is C13H29N3O2S2. The third-order valence-corrected chi connectivity index (χ3v) is 6.58. The lowest BCUT2D eigenvalue weighted by Gasteiger charge is -2.29. The molecule has 0 aliphatic heterocycles. The van der Waals surface area contributed by atoms with E-state index in [0.717, 1.165) is 45.2 Å². The summed E-state index contributed by atoms with van der Waals surface area (Å²) in [6.45, 7) is 4.39. The molecule has 0 amide bonds. The summed E-state index contributed by atoms with van der Waals surface area (Å²) in [6, 6.07) is 0.111. The molecule has 7 heteroatoms. The van der Waals surface area contributed by atoms with Crippen molar-refractivity contribution in [3.8, 4) is 0 Å². The second-order valence-electron chi connectivity index (χ2n) is 5.36. The Kier molecular flexibility index (Phi) is 8.43. The van der Waals surface area contributed by atoms with Crippen LogP contribution in [-0.2, 0) is 10.2 Å². The molecule has 0 heterocycles. The second kappa shape index (κ2) is 9.25. The van der Waals surface area contributed by atoms with E-state index in [0.29, 0.717) is 11.8 Å². The van der Waals surface area contributed by atoms with Crippen molar-refractivity contribution in [2.75, 3.05) is 32.9 Å². The lowest BCUT2D eigenvalue weighted by molar-refractivity contribution is 0.393. The maximum absolute atomic E-state index is 12.2. The van der Waals surface area contributed by atoms with E-state index >= 15 is 0 Å². The van der Waals surface area contributed by atoms with E-state index in [1.807, 2.05) is 18.7 Å². The summed E-state index contributed by atoms with van der Waals surface area (Å²) in [5.41, 5.74) is 0. The van der Waals surface area contributed by atoms with Crippen LogP contribution in [0.4, 0.5) is 0 Å². The highest BCUT2D eigenvalue weighted by molar-refractivity contribution is 7.99. The first-order valence-corrected chi connectivity index (χ1v) is 10.2. The minimum absolute atomic E-state index is 0.111. The molecule has 0 aromatic rings. The maximum atomic E-state index is 12.2. The van der Waals surface area contributed by atoms with Crippen LogP contribution < -0.4 is 10.0 Å². The molecule has 1 saturated carbocycles. The topological polar surface area (TPSA) is 61.4 Å². The van der Waals surface area contributed by atoms with Gasteiger partial charge in [0.2, 0.25) is 0 Å². The SMILES string of the molecule is CCNCCCN(C)S(=O)(=O)NC1CCC(SC)CC1. The van der Waals surface area contributed by atoms with E-state index in [1.54, 1.807) is 7.05 Å². The van der Waals surface area contributed by atoms with Crippen LogP contribution in [0.15, 0.2) is 0 Å². The Morgan fingerprint density at radius 1 is 1.25 bits per heavy atom. The van der Waals surface area contributed by atoms with Gasteiger partial charge in [0.15, 0.2) is 0 Å². The molecular weight excluding hydrogens is 294 g/mol. The summed E-state index contributed by atoms with van der Waals surface area (Å²) in [4.78, 5) is 0. The van der Waals surface area contributed by atoms with Crippen LogP contribution in [0.3, 0.4) is 0 Å². The summed E-state index contributed by atoms with van der Waals surface area (Å²) in [5.74, 6) is 0. The molecule has 0 radical (unpaired) electrons. The van der Waals surface area contributed by atoms with Crippen molar-refractivity contribution in [3.05, 3.63) is 0 Å². The van der Waals surface area contributed by atoms with Gasteiger partial charge in [-0.05, 0) is 51.4 Å². The summed E-state index contributed by atoms with van der Waals surface area (Å²) in [7, 11) is -1.67. The zero-order chi connectivity index (χ0) is 15.0. The predicted octanol–water partition coefficient (Wildman–Crippen LogP) is 1.43. The van der Waals surface area contributed by atoms with E-state index in [4.69, 9.17) is 0 Å². The number of rotatable bonds is 9. The van der Waals surface area contributed by atoms with Gasteiger partial charge in [-0.25, -0.2) is 0 Å². The Morgan fingerprint density at radius 3 is 2.45 bits per heavy atom. The molecule has 0 unspecified atom stereocenters. The van der Waals surface area contributed by atoms with Gasteiger partial charge in [-0.3, -0.25) is 0 Å². The molecule has 5 nitrogen and oxygen atoms in total. The van der Waals surface area contributed by atoms with Gasteiger partial charge in [0.25, 0.3) is 10.2 Å². The summed E-state index contributed by atoms with van der Waals surface area (Å²) in [5, 5.41) is 3.91. The molecule has 0 spiro atoms. The Labute approximate surface area is 128 Å². The summed E-state index contributed by atoms with van der Waals surface area (Å²) >= 11 is 1.89. The molecule has 0 aromatic heterocycles. The highest BCUT2D eigenvalue weighted by atomic mass is 32.2. The maximum Gasteiger partial charge on any atom is 0.279 e. The Balaban J connectivity index is 2.33. The van der Waals surface area contributed by atoms with E-state index in [-0.39, 0.29) is 6.04 Å². The second-order valence-corrected chi connectivity index (χ2v) is 8.31. The lowest BCUT2D eigenvalue weighted by atomic mass is 9.96. The van der Waals surface area contributed by atoms with Gasteiger partial charge in [0.05, 0.1) is 0 Å². The normalized spacial score (nSPS) is 24.2. The Hall–Kier alpha value is 0.180. The molecule has 0 saturated heterocycles. The van der Waals surface area contributed by atoms with Gasteiger partial charge >= 0.3 is 0 Å². The lowest BCUT2D eigenvalue weighted by Crippen LogP contribution is -2.45. The first-order valence-electron chi connectivity index (χ1n) is 7.46. The predicted molar refractivity (Wildman–Crippen MR) is 87.4 cm³/mol. The molecule has 120 valence electrons. The van der Waals surface area contributed by atoms with Crippen LogP contribution >= 0.6 is 11.8 Å². The largest absolute Gasteiger partial charge is 0.317 e.